The van der Waals surface area contributed by atoms with Gasteiger partial charge in [0.15, 0.2) is 0 Å². The molecule has 0 aliphatic carbocycles. The molecule has 0 saturated carbocycles. The minimum atomic E-state index is -0.213. The fraction of sp³-hybridized carbons (Fsp3) is 0.0392. The summed E-state index contributed by atoms with van der Waals surface area (Å²) in [5, 5.41) is 14.6. The lowest BCUT2D eigenvalue weighted by Crippen LogP contribution is -2.44. The Hall–Kier alpha value is -6.99. The summed E-state index contributed by atoms with van der Waals surface area (Å²) >= 11 is 1.83. The third-order valence-electron chi connectivity index (χ3n) is 11.5. The number of rotatable bonds is 5. The van der Waals surface area contributed by atoms with Crippen molar-refractivity contribution >= 4 is 81.1 Å². The van der Waals surface area contributed by atoms with Crippen molar-refractivity contribution in [2.45, 2.75) is 12.3 Å². The number of aliphatic imine (C=N–C) groups is 1. The third-order valence-corrected chi connectivity index (χ3v) is 12.6. The molecule has 11 aromatic rings. The zero-order valence-corrected chi connectivity index (χ0v) is 31.5. The first-order valence-corrected chi connectivity index (χ1v) is 20.2. The average Bonchev–Trinajstić information content (AvgIpc) is 3.96. The predicted molar refractivity (Wildman–Crippen MR) is 238 cm³/mol. The van der Waals surface area contributed by atoms with E-state index in [4.69, 9.17) is 9.41 Å². The zero-order chi connectivity index (χ0) is 37.5. The quantitative estimate of drug-likeness (QED) is 0.184. The maximum Gasteiger partial charge on any atom is 0.143 e. The average molecular weight is 751 g/mol. The van der Waals surface area contributed by atoms with E-state index in [0.29, 0.717) is 0 Å². The van der Waals surface area contributed by atoms with Crippen molar-refractivity contribution in [2.75, 3.05) is 0 Å². The minimum absolute atomic E-state index is 0.0800. The van der Waals surface area contributed by atoms with Gasteiger partial charge in [-0.25, -0.2) is 4.99 Å². The molecule has 0 fully saturated rings. The van der Waals surface area contributed by atoms with Crippen molar-refractivity contribution in [3.8, 4) is 16.8 Å². The van der Waals surface area contributed by atoms with E-state index in [-0.39, 0.29) is 12.3 Å². The number of hydrogen-bond donors (Lipinski definition) is 2. The number of hydrogen-bond acceptors (Lipinski definition) is 5. The maximum atomic E-state index is 6.81. The highest BCUT2D eigenvalue weighted by molar-refractivity contribution is 7.25. The summed E-state index contributed by atoms with van der Waals surface area (Å²) in [6, 6.07) is 64.9. The molecule has 6 heteroatoms. The molecule has 12 rings (SSSR count). The highest BCUT2D eigenvalue weighted by Gasteiger charge is 2.26. The molecule has 5 nitrogen and oxygen atoms in total. The van der Waals surface area contributed by atoms with Crippen LogP contribution in [0.25, 0.3) is 80.7 Å². The Morgan fingerprint density at radius 3 is 2.05 bits per heavy atom. The Morgan fingerprint density at radius 2 is 1.25 bits per heavy atom. The first-order chi connectivity index (χ1) is 28.2. The van der Waals surface area contributed by atoms with Crippen LogP contribution in [-0.4, -0.2) is 10.4 Å². The number of thiophene rings is 1. The monoisotopic (exact) mass is 750 g/mol. The van der Waals surface area contributed by atoms with Crippen LogP contribution in [0.5, 0.6) is 0 Å². The fourth-order valence-electron chi connectivity index (χ4n) is 8.85. The number of nitrogens with zero attached hydrogens (tertiary/aromatic N) is 2. The SMILES string of the molecule is c1ccc(C2=NC(c3ccc4c(c3)sc3ccc(-c5cccc6c5oc5cccc(-n7c8ccccc8c8ccccc87)c56)cc34)NC(c3ccccc3)N2)cc1. The molecule has 4 heterocycles. The van der Waals surface area contributed by atoms with Crippen LogP contribution < -0.4 is 10.6 Å². The van der Waals surface area contributed by atoms with E-state index in [1.54, 1.807) is 0 Å². The van der Waals surface area contributed by atoms with Crippen LogP contribution in [0.4, 0.5) is 0 Å². The van der Waals surface area contributed by atoms with Crippen LogP contribution in [0.2, 0.25) is 0 Å². The van der Waals surface area contributed by atoms with Gasteiger partial charge in [-0.2, -0.15) is 0 Å². The van der Waals surface area contributed by atoms with Gasteiger partial charge in [0.25, 0.3) is 0 Å². The molecular weight excluding hydrogens is 717 g/mol. The number of fused-ring (bicyclic) bond motifs is 9. The van der Waals surface area contributed by atoms with E-state index in [1.807, 2.05) is 17.4 Å². The maximum absolute atomic E-state index is 6.81. The highest BCUT2D eigenvalue weighted by Crippen LogP contribution is 2.43. The summed E-state index contributed by atoms with van der Waals surface area (Å²) < 4.78 is 11.7. The van der Waals surface area contributed by atoms with Gasteiger partial charge in [0.1, 0.15) is 29.3 Å². The van der Waals surface area contributed by atoms with Crippen LogP contribution >= 0.6 is 11.3 Å². The van der Waals surface area contributed by atoms with E-state index >= 15 is 0 Å². The van der Waals surface area contributed by atoms with Crippen LogP contribution in [0.15, 0.2) is 191 Å². The van der Waals surface area contributed by atoms with Gasteiger partial charge in [0.2, 0.25) is 0 Å². The normalized spacial score (nSPS) is 15.9. The van der Waals surface area contributed by atoms with Gasteiger partial charge in [0.05, 0.1) is 22.1 Å². The molecule has 3 aromatic heterocycles. The van der Waals surface area contributed by atoms with E-state index in [2.05, 4.69) is 191 Å². The second kappa shape index (κ2) is 12.8. The molecule has 270 valence electrons. The van der Waals surface area contributed by atoms with Crippen molar-refractivity contribution in [1.82, 2.24) is 15.2 Å². The minimum Gasteiger partial charge on any atom is -0.455 e. The van der Waals surface area contributed by atoms with E-state index in [9.17, 15) is 0 Å². The fourth-order valence-corrected chi connectivity index (χ4v) is 9.98. The van der Waals surface area contributed by atoms with Crippen LogP contribution in [0, 0.1) is 0 Å². The largest absolute Gasteiger partial charge is 0.455 e. The Labute approximate surface area is 332 Å². The van der Waals surface area contributed by atoms with Crippen LogP contribution in [-0.2, 0) is 0 Å². The van der Waals surface area contributed by atoms with E-state index in [0.717, 1.165) is 55.7 Å². The molecule has 8 aromatic carbocycles. The Kier molecular flexibility index (Phi) is 7.24. The highest BCUT2D eigenvalue weighted by atomic mass is 32.1. The van der Waals surface area contributed by atoms with Gasteiger partial charge in [-0.15, -0.1) is 11.3 Å². The summed E-state index contributed by atoms with van der Waals surface area (Å²) in [5.41, 5.74) is 10.9. The molecule has 0 saturated heterocycles. The number of furan rings is 1. The molecule has 2 N–H and O–H groups in total. The van der Waals surface area contributed by atoms with Gasteiger partial charge in [-0.05, 0) is 59.2 Å². The topological polar surface area (TPSA) is 54.5 Å². The molecule has 1 aliphatic heterocycles. The summed E-state index contributed by atoms with van der Waals surface area (Å²) in [6.07, 6.45) is -0.293. The van der Waals surface area contributed by atoms with Gasteiger partial charge in [-0.3, -0.25) is 5.32 Å². The van der Waals surface area contributed by atoms with Gasteiger partial charge in [-0.1, -0.05) is 140 Å². The predicted octanol–water partition coefficient (Wildman–Crippen LogP) is 13.1. The Morgan fingerprint density at radius 1 is 0.526 bits per heavy atom. The zero-order valence-electron chi connectivity index (χ0n) is 30.7. The lowest BCUT2D eigenvalue weighted by Gasteiger charge is -2.32. The van der Waals surface area contributed by atoms with Crippen molar-refractivity contribution < 1.29 is 4.42 Å². The lowest BCUT2D eigenvalue weighted by atomic mass is 9.99. The third kappa shape index (κ3) is 5.15. The Balaban J connectivity index is 0.961. The standard InChI is InChI=1S/C51H34N4OS/c1-3-13-31(14-4-1)49-52-50(32-15-5-2-6-16-32)54-51(53-49)34-25-27-38-40-29-33(26-28-45(40)57-46(38)30-34)35-19-11-20-39-47-43(23-12-24-44(47)56-48(35)39)55-41-21-9-7-17-36(41)37-18-8-10-22-42(37)55/h1-30,49,51,53H,(H,52,54). The molecule has 0 radical (unpaired) electrons. The molecule has 2 atom stereocenters. The first kappa shape index (κ1) is 32.3. The second-order valence-corrected chi connectivity index (χ2v) is 15.9. The molecule has 0 bridgehead atoms. The molecular formula is C51H34N4OS. The molecule has 2 unspecified atom stereocenters. The number of nitrogens with one attached hydrogen (secondary N) is 2. The van der Waals surface area contributed by atoms with Crippen molar-refractivity contribution in [2.24, 2.45) is 4.99 Å². The van der Waals surface area contributed by atoms with E-state index in [1.165, 1.54) is 47.5 Å². The number of para-hydroxylation sites is 3. The molecule has 0 spiro atoms. The van der Waals surface area contributed by atoms with Gasteiger partial charge >= 0.3 is 0 Å². The lowest BCUT2D eigenvalue weighted by molar-refractivity contribution is 0.409. The number of amidine groups is 1. The molecule has 57 heavy (non-hydrogen) atoms. The Bertz CT molecular complexity index is 3320. The summed E-state index contributed by atoms with van der Waals surface area (Å²) in [4.78, 5) is 5.20. The van der Waals surface area contributed by atoms with Gasteiger partial charge < -0.3 is 14.3 Å². The van der Waals surface area contributed by atoms with Crippen molar-refractivity contribution in [1.29, 1.82) is 0 Å². The second-order valence-electron chi connectivity index (χ2n) is 14.8. The molecule has 0 amide bonds. The van der Waals surface area contributed by atoms with Crippen molar-refractivity contribution in [3.05, 3.63) is 199 Å². The van der Waals surface area contributed by atoms with Crippen molar-refractivity contribution in [3.63, 3.8) is 0 Å². The van der Waals surface area contributed by atoms with E-state index < -0.39 is 0 Å². The van der Waals surface area contributed by atoms with Gasteiger partial charge in [0, 0.05) is 47.5 Å². The molecule has 1 aliphatic rings. The number of benzene rings is 8. The van der Waals surface area contributed by atoms with Crippen LogP contribution in [0.1, 0.15) is 29.0 Å². The smallest absolute Gasteiger partial charge is 0.143 e. The first-order valence-electron chi connectivity index (χ1n) is 19.4. The summed E-state index contributed by atoms with van der Waals surface area (Å²) in [6.45, 7) is 0. The van der Waals surface area contributed by atoms with Crippen LogP contribution in [0.3, 0.4) is 0 Å². The summed E-state index contributed by atoms with van der Waals surface area (Å²) in [5.74, 6) is 0.885. The number of aromatic nitrogens is 1. The summed E-state index contributed by atoms with van der Waals surface area (Å²) in [7, 11) is 0.